The summed E-state index contributed by atoms with van der Waals surface area (Å²) >= 11 is 4.86. The van der Waals surface area contributed by atoms with E-state index in [1.165, 1.54) is 0 Å². The minimum atomic E-state index is -0.957. The number of nitrogens with one attached hydrogen (secondary N) is 2. The Morgan fingerprint density at radius 3 is 2.75 bits per heavy atom. The molecule has 3 N–H and O–H groups in total. The smallest absolute Gasteiger partial charge is 0.333 e. The van der Waals surface area contributed by atoms with Crippen molar-refractivity contribution in [1.29, 1.82) is 0 Å². The molecule has 16 heavy (non-hydrogen) atoms. The molecule has 0 aliphatic heterocycles. The second-order valence-corrected chi connectivity index (χ2v) is 4.43. The van der Waals surface area contributed by atoms with E-state index in [9.17, 15) is 4.79 Å². The molecular weight excluding hydrogens is 228 g/mol. The van der Waals surface area contributed by atoms with Crippen molar-refractivity contribution in [2.24, 2.45) is 5.92 Å². The van der Waals surface area contributed by atoms with Crippen molar-refractivity contribution >= 4 is 18.2 Å². The van der Waals surface area contributed by atoms with E-state index in [1.54, 1.807) is 6.20 Å². The minimum absolute atomic E-state index is 0.287. The number of rotatable bonds is 6. The third-order valence-corrected chi connectivity index (χ3v) is 2.18. The van der Waals surface area contributed by atoms with Crippen molar-refractivity contribution in [3.05, 3.63) is 16.7 Å². The van der Waals surface area contributed by atoms with Gasteiger partial charge in [0.1, 0.15) is 0 Å². The molecule has 0 spiro atoms. The molecule has 0 bridgehead atoms. The van der Waals surface area contributed by atoms with Gasteiger partial charge in [-0.1, -0.05) is 13.8 Å². The van der Waals surface area contributed by atoms with E-state index in [1.807, 2.05) is 13.8 Å². The standard InChI is InChI=1S/C10H16N2O3S/c1-6(2)5-15-8(9(13)14)3-7-4-11-10(16)12-7/h4,6,8H,3,5H2,1-2H3,(H,13,14)(H2,11,12,16). The van der Waals surface area contributed by atoms with Gasteiger partial charge in [0.05, 0.1) is 6.61 Å². The van der Waals surface area contributed by atoms with E-state index >= 15 is 0 Å². The molecule has 90 valence electrons. The highest BCUT2D eigenvalue weighted by Crippen LogP contribution is 2.06. The number of H-pyrrole nitrogens is 2. The number of carbonyl (C=O) groups is 1. The van der Waals surface area contributed by atoms with Crippen LogP contribution in [0.15, 0.2) is 6.20 Å². The number of aromatic nitrogens is 2. The quantitative estimate of drug-likeness (QED) is 0.666. The second kappa shape index (κ2) is 5.81. The van der Waals surface area contributed by atoms with Crippen molar-refractivity contribution in [3.63, 3.8) is 0 Å². The number of aliphatic carboxylic acids is 1. The number of aromatic amines is 2. The molecule has 1 atom stereocenters. The Bertz CT molecular complexity index is 397. The summed E-state index contributed by atoms with van der Waals surface area (Å²) in [5, 5.41) is 8.98. The first kappa shape index (κ1) is 12.9. The van der Waals surface area contributed by atoms with E-state index < -0.39 is 12.1 Å². The average Bonchev–Trinajstić information content (AvgIpc) is 2.57. The van der Waals surface area contributed by atoms with Crippen molar-refractivity contribution in [2.45, 2.75) is 26.4 Å². The van der Waals surface area contributed by atoms with Gasteiger partial charge >= 0.3 is 5.97 Å². The molecule has 0 saturated carbocycles. The molecule has 1 rings (SSSR count). The Balaban J connectivity index is 2.57. The first-order valence-electron chi connectivity index (χ1n) is 5.10. The van der Waals surface area contributed by atoms with Gasteiger partial charge in [-0.15, -0.1) is 0 Å². The molecule has 1 aromatic rings. The molecule has 0 radical (unpaired) electrons. The molecule has 1 heterocycles. The number of ether oxygens (including phenoxy) is 1. The van der Waals surface area contributed by atoms with Gasteiger partial charge in [-0.05, 0) is 18.1 Å². The molecule has 0 aromatic carbocycles. The van der Waals surface area contributed by atoms with Gasteiger partial charge in [-0.25, -0.2) is 4.79 Å². The van der Waals surface area contributed by atoms with Gasteiger partial charge in [0.2, 0.25) is 0 Å². The highest BCUT2D eigenvalue weighted by Gasteiger charge is 2.19. The normalized spacial score (nSPS) is 12.9. The maximum absolute atomic E-state index is 10.9. The van der Waals surface area contributed by atoms with Crippen LogP contribution >= 0.6 is 12.2 Å². The zero-order valence-electron chi connectivity index (χ0n) is 9.32. The van der Waals surface area contributed by atoms with Crippen LogP contribution in [0.3, 0.4) is 0 Å². The predicted octanol–water partition coefficient (Wildman–Crippen LogP) is 1.74. The fourth-order valence-electron chi connectivity index (χ4n) is 1.21. The van der Waals surface area contributed by atoms with Gasteiger partial charge in [0.25, 0.3) is 0 Å². The van der Waals surface area contributed by atoms with Crippen LogP contribution in [0.4, 0.5) is 0 Å². The number of carboxylic acid groups (broad SMARTS) is 1. The summed E-state index contributed by atoms with van der Waals surface area (Å²) < 4.78 is 5.80. The topological polar surface area (TPSA) is 78.1 Å². The third-order valence-electron chi connectivity index (χ3n) is 1.96. The molecule has 0 fully saturated rings. The first-order chi connectivity index (χ1) is 7.49. The van der Waals surface area contributed by atoms with E-state index in [2.05, 4.69) is 9.97 Å². The lowest BCUT2D eigenvalue weighted by Crippen LogP contribution is -2.28. The largest absolute Gasteiger partial charge is 0.479 e. The van der Waals surface area contributed by atoms with Crippen molar-refractivity contribution in [1.82, 2.24) is 9.97 Å². The van der Waals surface area contributed by atoms with Gasteiger partial charge in [0, 0.05) is 18.3 Å². The Morgan fingerprint density at radius 1 is 1.62 bits per heavy atom. The molecule has 0 amide bonds. The summed E-state index contributed by atoms with van der Waals surface area (Å²) in [5.74, 6) is -0.646. The van der Waals surface area contributed by atoms with Crippen molar-refractivity contribution in [2.75, 3.05) is 6.61 Å². The summed E-state index contributed by atoms with van der Waals surface area (Å²) in [6, 6.07) is 0. The van der Waals surface area contributed by atoms with Crippen molar-refractivity contribution < 1.29 is 14.6 Å². The SMILES string of the molecule is CC(C)COC(Cc1c[nH]c(=S)[nH]1)C(=O)O. The fourth-order valence-corrected chi connectivity index (χ4v) is 1.40. The van der Waals surface area contributed by atoms with E-state index in [0.717, 1.165) is 5.69 Å². The van der Waals surface area contributed by atoms with E-state index in [4.69, 9.17) is 22.1 Å². The van der Waals surface area contributed by atoms with Crippen LogP contribution in [0.25, 0.3) is 0 Å². The van der Waals surface area contributed by atoms with E-state index in [-0.39, 0.29) is 6.42 Å². The first-order valence-corrected chi connectivity index (χ1v) is 5.51. The van der Waals surface area contributed by atoms with Crippen LogP contribution in [0.5, 0.6) is 0 Å². The molecule has 0 aliphatic rings. The van der Waals surface area contributed by atoms with Gasteiger partial charge in [-0.2, -0.15) is 0 Å². The average molecular weight is 244 g/mol. The zero-order chi connectivity index (χ0) is 12.1. The number of carboxylic acids is 1. The van der Waals surface area contributed by atoms with Crippen LogP contribution in [-0.2, 0) is 16.0 Å². The maximum atomic E-state index is 10.9. The molecule has 0 saturated heterocycles. The lowest BCUT2D eigenvalue weighted by Gasteiger charge is -2.14. The summed E-state index contributed by atoms with van der Waals surface area (Å²) in [7, 11) is 0. The number of hydrogen-bond acceptors (Lipinski definition) is 3. The third kappa shape index (κ3) is 4.16. The summed E-state index contributed by atoms with van der Waals surface area (Å²) in [5.41, 5.74) is 0.737. The predicted molar refractivity (Wildman–Crippen MR) is 61.9 cm³/mol. The molecule has 6 heteroatoms. The molecule has 1 aromatic heterocycles. The van der Waals surface area contributed by atoms with E-state index in [0.29, 0.717) is 17.3 Å². The van der Waals surface area contributed by atoms with Gasteiger partial charge < -0.3 is 19.8 Å². The van der Waals surface area contributed by atoms with Crippen LogP contribution in [-0.4, -0.2) is 33.8 Å². The minimum Gasteiger partial charge on any atom is -0.479 e. The monoisotopic (exact) mass is 244 g/mol. The fraction of sp³-hybridized carbons (Fsp3) is 0.600. The summed E-state index contributed by atoms with van der Waals surface area (Å²) in [6.07, 6.45) is 1.12. The molecular formula is C10H16N2O3S. The number of hydrogen-bond donors (Lipinski definition) is 3. The van der Waals surface area contributed by atoms with Crippen LogP contribution < -0.4 is 0 Å². The van der Waals surface area contributed by atoms with Gasteiger partial charge in [0.15, 0.2) is 10.9 Å². The summed E-state index contributed by atoms with van der Waals surface area (Å²) in [4.78, 5) is 16.6. The zero-order valence-corrected chi connectivity index (χ0v) is 10.1. The number of imidazole rings is 1. The van der Waals surface area contributed by atoms with Crippen LogP contribution in [0.1, 0.15) is 19.5 Å². The van der Waals surface area contributed by atoms with Crippen molar-refractivity contribution in [3.8, 4) is 0 Å². The van der Waals surface area contributed by atoms with Crippen LogP contribution in [0, 0.1) is 10.7 Å². The summed E-state index contributed by atoms with van der Waals surface area (Å²) in [6.45, 7) is 4.38. The molecule has 0 aliphatic carbocycles. The highest BCUT2D eigenvalue weighted by molar-refractivity contribution is 7.71. The van der Waals surface area contributed by atoms with Crippen LogP contribution in [0.2, 0.25) is 0 Å². The lowest BCUT2D eigenvalue weighted by atomic mass is 10.2. The Kier molecular flexibility index (Phi) is 4.70. The maximum Gasteiger partial charge on any atom is 0.333 e. The lowest BCUT2D eigenvalue weighted by molar-refractivity contribution is -0.151. The Labute approximate surface area is 98.8 Å². The molecule has 5 nitrogen and oxygen atoms in total. The second-order valence-electron chi connectivity index (χ2n) is 4.03. The molecule has 1 unspecified atom stereocenters. The highest BCUT2D eigenvalue weighted by atomic mass is 32.1. The Morgan fingerprint density at radius 2 is 2.31 bits per heavy atom. The van der Waals surface area contributed by atoms with Gasteiger partial charge in [-0.3, -0.25) is 0 Å². The Hall–Kier alpha value is -1.14.